The Morgan fingerprint density at radius 2 is 2.17 bits per heavy atom. The molecule has 0 aliphatic rings. The molecule has 2 aromatic rings. The highest BCUT2D eigenvalue weighted by molar-refractivity contribution is 5.87. The second-order valence-electron chi connectivity index (χ2n) is 5.77. The Bertz CT molecular complexity index is 713. The number of fused-ring (bicyclic) bond motifs is 1. The lowest BCUT2D eigenvalue weighted by Gasteiger charge is -2.11. The fourth-order valence-electron chi connectivity index (χ4n) is 2.18. The number of aromatic nitrogens is 1. The summed E-state index contributed by atoms with van der Waals surface area (Å²) in [6, 6.07) is 8.84. The van der Waals surface area contributed by atoms with E-state index in [1.807, 2.05) is 44.2 Å². The van der Waals surface area contributed by atoms with E-state index in [9.17, 15) is 4.79 Å². The predicted molar refractivity (Wildman–Crippen MR) is 91.5 cm³/mol. The fraction of sp³-hybridized carbons (Fsp3) is 0.353. The van der Waals surface area contributed by atoms with Gasteiger partial charge >= 0.3 is 0 Å². The number of rotatable bonds is 6. The summed E-state index contributed by atoms with van der Waals surface area (Å²) in [5.74, 6) is 0.853. The molecule has 6 heteroatoms. The second kappa shape index (κ2) is 7.69. The van der Waals surface area contributed by atoms with Gasteiger partial charge in [-0.1, -0.05) is 19.9 Å². The van der Waals surface area contributed by atoms with E-state index in [0.29, 0.717) is 18.0 Å². The van der Waals surface area contributed by atoms with Gasteiger partial charge in [0.1, 0.15) is 5.75 Å². The number of hydrogen-bond donors (Lipinski definition) is 2. The lowest BCUT2D eigenvalue weighted by Crippen LogP contribution is -2.39. The van der Waals surface area contributed by atoms with Gasteiger partial charge in [-0.3, -0.25) is 4.79 Å². The van der Waals surface area contributed by atoms with E-state index < -0.39 is 6.04 Å². The van der Waals surface area contributed by atoms with Crippen molar-refractivity contribution in [3.8, 4) is 5.75 Å². The summed E-state index contributed by atoms with van der Waals surface area (Å²) in [5.41, 5.74) is 9.72. The van der Waals surface area contributed by atoms with Crippen LogP contribution in [0.1, 0.15) is 26.0 Å². The molecule has 0 fully saturated rings. The predicted octanol–water partition coefficient (Wildman–Crippen LogP) is 2.07. The van der Waals surface area contributed by atoms with Crippen LogP contribution in [0.4, 0.5) is 0 Å². The molecule has 6 nitrogen and oxygen atoms in total. The summed E-state index contributed by atoms with van der Waals surface area (Å²) in [7, 11) is 1.63. The molecule has 23 heavy (non-hydrogen) atoms. The second-order valence-corrected chi connectivity index (χ2v) is 5.77. The Labute approximate surface area is 135 Å². The topological polar surface area (TPSA) is 89.6 Å². The minimum atomic E-state index is -0.552. The van der Waals surface area contributed by atoms with Crippen molar-refractivity contribution in [3.63, 3.8) is 0 Å². The van der Waals surface area contributed by atoms with Crippen LogP contribution in [0.3, 0.4) is 0 Å². The number of carbonyl (C=O) groups is 1. The third-order valence-electron chi connectivity index (χ3n) is 3.35. The van der Waals surface area contributed by atoms with Gasteiger partial charge in [-0.15, -0.1) is 0 Å². The number of amides is 1. The van der Waals surface area contributed by atoms with Gasteiger partial charge in [0.15, 0.2) is 0 Å². The molecule has 0 unspecified atom stereocenters. The Morgan fingerprint density at radius 3 is 2.87 bits per heavy atom. The summed E-state index contributed by atoms with van der Waals surface area (Å²) >= 11 is 0. The third kappa shape index (κ3) is 4.75. The number of methoxy groups -OCH3 is 1. The lowest BCUT2D eigenvalue weighted by atomic mass is 10.0. The van der Waals surface area contributed by atoms with Crippen LogP contribution in [0, 0.1) is 5.92 Å². The van der Waals surface area contributed by atoms with Gasteiger partial charge in [0.2, 0.25) is 0 Å². The van der Waals surface area contributed by atoms with Gasteiger partial charge in [-0.25, -0.2) is 10.4 Å². The maximum absolute atomic E-state index is 11.8. The number of nitrogens with two attached hydrogens (primary N) is 1. The normalized spacial score (nSPS) is 12.7. The van der Waals surface area contributed by atoms with Crippen molar-refractivity contribution in [2.24, 2.45) is 16.8 Å². The van der Waals surface area contributed by atoms with Crippen LogP contribution < -0.4 is 15.9 Å². The van der Waals surface area contributed by atoms with Crippen molar-refractivity contribution in [1.29, 1.82) is 0 Å². The van der Waals surface area contributed by atoms with E-state index in [0.717, 1.165) is 16.7 Å². The number of nitrogens with zero attached hydrogens (tertiary/aromatic N) is 2. The molecule has 122 valence electrons. The monoisotopic (exact) mass is 314 g/mol. The van der Waals surface area contributed by atoms with E-state index in [1.165, 1.54) is 6.21 Å². The molecule has 1 heterocycles. The number of hydrogen-bond acceptors (Lipinski definition) is 5. The molecule has 1 amide bonds. The number of benzene rings is 1. The highest BCUT2D eigenvalue weighted by atomic mass is 16.5. The van der Waals surface area contributed by atoms with E-state index in [1.54, 1.807) is 7.11 Å². The van der Waals surface area contributed by atoms with Crippen LogP contribution in [0.2, 0.25) is 0 Å². The Kier molecular flexibility index (Phi) is 5.65. The zero-order valence-corrected chi connectivity index (χ0v) is 13.6. The Hall–Kier alpha value is -2.47. The highest BCUT2D eigenvalue weighted by Crippen LogP contribution is 2.19. The number of pyridine rings is 1. The lowest BCUT2D eigenvalue weighted by molar-refractivity contribution is -0.122. The number of nitrogens with one attached hydrogen (secondary N) is 1. The molecule has 0 aliphatic heterocycles. The van der Waals surface area contributed by atoms with Gasteiger partial charge in [-0.05, 0) is 36.6 Å². The van der Waals surface area contributed by atoms with E-state index in [4.69, 9.17) is 10.5 Å². The molecular weight excluding hydrogens is 292 g/mol. The Morgan fingerprint density at radius 1 is 1.39 bits per heavy atom. The zero-order chi connectivity index (χ0) is 16.8. The molecule has 1 atom stereocenters. The average Bonchev–Trinajstić information content (AvgIpc) is 2.53. The third-order valence-corrected chi connectivity index (χ3v) is 3.35. The fourth-order valence-corrected chi connectivity index (χ4v) is 2.18. The summed E-state index contributed by atoms with van der Waals surface area (Å²) in [6.45, 7) is 4.04. The first-order chi connectivity index (χ1) is 11.0. The highest BCUT2D eigenvalue weighted by Gasteiger charge is 2.13. The van der Waals surface area contributed by atoms with E-state index in [-0.39, 0.29) is 5.91 Å². The van der Waals surface area contributed by atoms with Crippen LogP contribution >= 0.6 is 0 Å². The van der Waals surface area contributed by atoms with Gasteiger partial charge in [-0.2, -0.15) is 5.10 Å². The quantitative estimate of drug-likeness (QED) is 0.631. The van der Waals surface area contributed by atoms with Crippen molar-refractivity contribution in [2.45, 2.75) is 26.3 Å². The molecule has 3 N–H and O–H groups in total. The van der Waals surface area contributed by atoms with Crippen molar-refractivity contribution >= 4 is 23.0 Å². The molecular formula is C17H22N4O2. The van der Waals surface area contributed by atoms with E-state index in [2.05, 4.69) is 15.5 Å². The first-order valence-corrected chi connectivity index (χ1v) is 7.53. The molecule has 0 saturated heterocycles. The summed E-state index contributed by atoms with van der Waals surface area (Å²) < 4.78 is 5.18. The summed E-state index contributed by atoms with van der Waals surface area (Å²) in [4.78, 5) is 16.2. The molecule has 2 rings (SSSR count). The van der Waals surface area contributed by atoms with Crippen molar-refractivity contribution in [1.82, 2.24) is 10.4 Å². The molecule has 0 bridgehead atoms. The zero-order valence-electron chi connectivity index (χ0n) is 13.6. The SMILES string of the molecule is COc1ccc2nc(/C=N\NC(=O)[C@@H](N)CC(C)C)ccc2c1. The average molecular weight is 314 g/mol. The number of carbonyl (C=O) groups excluding carboxylic acids is 1. The molecule has 0 radical (unpaired) electrons. The van der Waals surface area contributed by atoms with E-state index >= 15 is 0 Å². The van der Waals surface area contributed by atoms with Crippen LogP contribution in [0.15, 0.2) is 35.4 Å². The number of ether oxygens (including phenoxy) is 1. The van der Waals surface area contributed by atoms with Crippen LogP contribution in [0.5, 0.6) is 5.75 Å². The van der Waals surface area contributed by atoms with Crippen molar-refractivity contribution < 1.29 is 9.53 Å². The smallest absolute Gasteiger partial charge is 0.256 e. The van der Waals surface area contributed by atoms with Crippen molar-refractivity contribution in [3.05, 3.63) is 36.0 Å². The molecule has 0 saturated carbocycles. The first kappa shape index (κ1) is 16.9. The molecule has 0 spiro atoms. The Balaban J connectivity index is 2.02. The largest absolute Gasteiger partial charge is 0.497 e. The van der Waals surface area contributed by atoms with Crippen LogP contribution in [0.25, 0.3) is 10.9 Å². The van der Waals surface area contributed by atoms with Crippen LogP contribution in [-0.4, -0.2) is 30.3 Å². The summed E-state index contributed by atoms with van der Waals surface area (Å²) in [6.07, 6.45) is 2.13. The van der Waals surface area contributed by atoms with Gasteiger partial charge in [0.25, 0.3) is 5.91 Å². The minimum absolute atomic E-state index is 0.291. The number of hydrazone groups is 1. The minimum Gasteiger partial charge on any atom is -0.497 e. The molecule has 0 aliphatic carbocycles. The van der Waals surface area contributed by atoms with Crippen molar-refractivity contribution in [2.75, 3.05) is 7.11 Å². The summed E-state index contributed by atoms with van der Waals surface area (Å²) in [5, 5.41) is 4.90. The maximum atomic E-state index is 11.8. The maximum Gasteiger partial charge on any atom is 0.256 e. The molecule has 1 aromatic heterocycles. The molecule has 1 aromatic carbocycles. The van der Waals surface area contributed by atoms with Gasteiger partial charge in [0.05, 0.1) is 30.6 Å². The van der Waals surface area contributed by atoms with Gasteiger partial charge in [0, 0.05) is 5.39 Å². The first-order valence-electron chi connectivity index (χ1n) is 7.53. The van der Waals surface area contributed by atoms with Gasteiger partial charge < -0.3 is 10.5 Å². The van der Waals surface area contributed by atoms with Crippen LogP contribution in [-0.2, 0) is 4.79 Å². The standard InChI is InChI=1S/C17H22N4O2/c1-11(2)8-15(18)17(22)21-19-10-13-5-4-12-9-14(23-3)6-7-16(12)20-13/h4-7,9-11,15H,8,18H2,1-3H3,(H,21,22)/b19-10-/t15-/m0/s1.